The van der Waals surface area contributed by atoms with E-state index in [0.29, 0.717) is 15.7 Å². The molecule has 2 heterocycles. The molecule has 1 fully saturated rings. The van der Waals surface area contributed by atoms with E-state index in [2.05, 4.69) is 26.6 Å². The molecule has 0 saturated carbocycles. The molecule has 168 valence electrons. The summed E-state index contributed by atoms with van der Waals surface area (Å²) in [4.78, 5) is 28.1. The Morgan fingerprint density at radius 3 is 2.58 bits per heavy atom. The number of carbonyl (C=O) groups excluding carboxylic acids is 2. The van der Waals surface area contributed by atoms with Gasteiger partial charge in [-0.3, -0.25) is 9.59 Å². The molecule has 0 unspecified atom stereocenters. The first-order valence-electron chi connectivity index (χ1n) is 10.3. The lowest BCUT2D eigenvalue weighted by Crippen LogP contribution is -2.57. The van der Waals surface area contributed by atoms with Crippen LogP contribution in [0.3, 0.4) is 0 Å². The highest BCUT2D eigenvalue weighted by Gasteiger charge is 2.61. The molecule has 0 radical (unpaired) electrons. The van der Waals surface area contributed by atoms with E-state index >= 15 is 0 Å². The molecule has 8 heteroatoms. The van der Waals surface area contributed by atoms with Crippen LogP contribution in [0.25, 0.3) is 0 Å². The van der Waals surface area contributed by atoms with E-state index in [-0.39, 0.29) is 18.2 Å². The molecule has 4 nitrogen and oxygen atoms in total. The zero-order chi connectivity index (χ0) is 23.3. The molecule has 3 aromatic carbocycles. The van der Waals surface area contributed by atoms with Gasteiger partial charge in [0.25, 0.3) is 0 Å². The van der Waals surface area contributed by atoms with Crippen LogP contribution in [0, 0.1) is 0 Å². The molecule has 0 aromatic heterocycles. The van der Waals surface area contributed by atoms with Crippen LogP contribution in [0.4, 0.5) is 5.69 Å². The predicted molar refractivity (Wildman–Crippen MR) is 137 cm³/mol. The number of piperidine rings is 1. The van der Waals surface area contributed by atoms with Crippen molar-refractivity contribution in [1.82, 2.24) is 5.32 Å². The van der Waals surface area contributed by atoms with Crippen LogP contribution in [0.5, 0.6) is 0 Å². The molecular formula is C25H19BrCl2N2O2S. The summed E-state index contributed by atoms with van der Waals surface area (Å²) in [5.41, 5.74) is 2.14. The highest BCUT2D eigenvalue weighted by Crippen LogP contribution is 2.58. The van der Waals surface area contributed by atoms with Gasteiger partial charge in [0.1, 0.15) is 5.41 Å². The lowest BCUT2D eigenvalue weighted by molar-refractivity contribution is -0.131. The third-order valence-electron chi connectivity index (χ3n) is 6.50. The number of hydrogen-bond acceptors (Lipinski definition) is 3. The third-order valence-corrected chi connectivity index (χ3v) is 8.28. The van der Waals surface area contributed by atoms with Crippen molar-refractivity contribution in [1.29, 1.82) is 0 Å². The quantitative estimate of drug-likeness (QED) is 0.349. The van der Waals surface area contributed by atoms with Gasteiger partial charge in [0.15, 0.2) is 0 Å². The van der Waals surface area contributed by atoms with Gasteiger partial charge >= 0.3 is 0 Å². The van der Waals surface area contributed by atoms with Crippen LogP contribution >= 0.6 is 50.9 Å². The SMILES string of the molecule is CSc1ccc(Br)cc1[C@@H]1NC(=O)C[C@@H](c2cccc(Cl)c2)[C@]12C(=O)Nc1cc(Cl)ccc12. The van der Waals surface area contributed by atoms with Crippen LogP contribution in [-0.2, 0) is 15.0 Å². The standard InChI is InChI=1S/C25H19BrCl2N2O2S/c1-33-21-8-5-14(26)10-17(21)23-25(18-7-6-16(28)11-20(18)29-24(25)32)19(12-22(31)30-23)13-3-2-4-15(27)9-13/h2-11,19,23H,12H2,1H3,(H,29,32)(H,30,31)/t19-,23-,25-/m0/s1. The van der Waals surface area contributed by atoms with Gasteiger partial charge in [-0.05, 0) is 65.4 Å². The zero-order valence-corrected chi connectivity index (χ0v) is 21.4. The van der Waals surface area contributed by atoms with Crippen molar-refractivity contribution in [3.8, 4) is 0 Å². The highest BCUT2D eigenvalue weighted by atomic mass is 79.9. The Hall–Kier alpha value is -1.99. The Kier molecular flexibility index (Phi) is 5.98. The number of rotatable bonds is 3. The van der Waals surface area contributed by atoms with Crippen molar-refractivity contribution in [2.24, 2.45) is 0 Å². The molecule has 2 amide bonds. The fourth-order valence-corrected chi connectivity index (χ4v) is 6.57. The van der Waals surface area contributed by atoms with E-state index in [0.717, 1.165) is 26.1 Å². The monoisotopic (exact) mass is 560 g/mol. The number of nitrogens with one attached hydrogen (secondary N) is 2. The van der Waals surface area contributed by atoms with E-state index in [1.165, 1.54) is 0 Å². The molecule has 1 saturated heterocycles. The first-order valence-corrected chi connectivity index (χ1v) is 13.1. The summed E-state index contributed by atoms with van der Waals surface area (Å²) in [7, 11) is 0. The number of carbonyl (C=O) groups is 2. The van der Waals surface area contributed by atoms with Gasteiger partial charge in [-0.2, -0.15) is 0 Å². The summed E-state index contributed by atoms with van der Waals surface area (Å²) in [5.74, 6) is -0.703. The number of fused-ring (bicyclic) bond motifs is 2. The van der Waals surface area contributed by atoms with Crippen LogP contribution < -0.4 is 10.6 Å². The first kappa shape index (κ1) is 22.8. The van der Waals surface area contributed by atoms with E-state index in [1.807, 2.05) is 48.7 Å². The van der Waals surface area contributed by atoms with Crippen LogP contribution in [0.2, 0.25) is 10.0 Å². The topological polar surface area (TPSA) is 58.2 Å². The smallest absolute Gasteiger partial charge is 0.238 e. The summed E-state index contributed by atoms with van der Waals surface area (Å²) in [5, 5.41) is 7.32. The van der Waals surface area contributed by atoms with Gasteiger partial charge in [-0.25, -0.2) is 0 Å². The molecule has 0 aliphatic carbocycles. The molecule has 3 atom stereocenters. The summed E-state index contributed by atoms with van der Waals surface area (Å²) in [6.07, 6.45) is 2.15. The maximum Gasteiger partial charge on any atom is 0.238 e. The molecule has 33 heavy (non-hydrogen) atoms. The summed E-state index contributed by atoms with van der Waals surface area (Å²) in [6, 6.07) is 18.2. The maximum absolute atomic E-state index is 14.0. The van der Waals surface area contributed by atoms with E-state index in [4.69, 9.17) is 23.2 Å². The average Bonchev–Trinajstić information content (AvgIpc) is 3.06. The largest absolute Gasteiger partial charge is 0.348 e. The molecule has 2 N–H and O–H groups in total. The normalized spacial score (nSPS) is 23.9. The van der Waals surface area contributed by atoms with E-state index < -0.39 is 17.4 Å². The number of amides is 2. The van der Waals surface area contributed by atoms with Gasteiger partial charge in [-0.15, -0.1) is 11.8 Å². The number of halogens is 3. The summed E-state index contributed by atoms with van der Waals surface area (Å²) >= 11 is 17.8. The fraction of sp³-hybridized carbons (Fsp3) is 0.200. The number of anilines is 1. The van der Waals surface area contributed by atoms with Crippen molar-refractivity contribution in [2.45, 2.75) is 28.7 Å². The molecular weight excluding hydrogens is 543 g/mol. The molecule has 0 bridgehead atoms. The van der Waals surface area contributed by atoms with Gasteiger partial charge < -0.3 is 10.6 Å². The fourth-order valence-electron chi connectivity index (χ4n) is 5.20. The Balaban J connectivity index is 1.84. The highest BCUT2D eigenvalue weighted by molar-refractivity contribution is 9.10. The zero-order valence-electron chi connectivity index (χ0n) is 17.5. The number of hydrogen-bond donors (Lipinski definition) is 2. The van der Waals surface area contributed by atoms with Crippen LogP contribution in [0.1, 0.15) is 35.1 Å². The molecule has 2 aliphatic heterocycles. The Morgan fingerprint density at radius 1 is 1.03 bits per heavy atom. The minimum Gasteiger partial charge on any atom is -0.348 e. The van der Waals surface area contributed by atoms with Crippen LogP contribution in [0.15, 0.2) is 70.0 Å². The van der Waals surface area contributed by atoms with Crippen molar-refractivity contribution in [2.75, 3.05) is 11.6 Å². The minimum absolute atomic E-state index is 0.113. The number of benzene rings is 3. The minimum atomic E-state index is -1.08. The van der Waals surface area contributed by atoms with Gasteiger partial charge in [0.2, 0.25) is 11.8 Å². The second-order valence-electron chi connectivity index (χ2n) is 8.21. The number of thioether (sulfide) groups is 1. The van der Waals surface area contributed by atoms with Gasteiger partial charge in [-0.1, -0.05) is 57.3 Å². The molecule has 1 spiro atoms. The molecule has 2 aliphatic rings. The second kappa shape index (κ2) is 8.66. The summed E-state index contributed by atoms with van der Waals surface area (Å²) < 4.78 is 0.874. The molecule has 5 rings (SSSR count). The van der Waals surface area contributed by atoms with E-state index in [1.54, 1.807) is 30.0 Å². The maximum atomic E-state index is 14.0. The van der Waals surface area contributed by atoms with Crippen molar-refractivity contribution < 1.29 is 9.59 Å². The summed E-state index contributed by atoms with van der Waals surface area (Å²) in [6.45, 7) is 0. The Labute approximate surface area is 214 Å². The van der Waals surface area contributed by atoms with Crippen molar-refractivity contribution in [3.63, 3.8) is 0 Å². The van der Waals surface area contributed by atoms with Crippen molar-refractivity contribution in [3.05, 3.63) is 91.9 Å². The van der Waals surface area contributed by atoms with Gasteiger partial charge in [0.05, 0.1) is 6.04 Å². The van der Waals surface area contributed by atoms with Crippen LogP contribution in [-0.4, -0.2) is 18.1 Å². The van der Waals surface area contributed by atoms with E-state index in [9.17, 15) is 9.59 Å². The van der Waals surface area contributed by atoms with Crippen molar-refractivity contribution >= 4 is 68.4 Å². The predicted octanol–water partition coefficient (Wildman–Crippen LogP) is 6.71. The third kappa shape index (κ3) is 3.68. The lowest BCUT2D eigenvalue weighted by atomic mass is 9.59. The lowest BCUT2D eigenvalue weighted by Gasteiger charge is -2.46. The first-order chi connectivity index (χ1) is 15.8. The average molecular weight is 562 g/mol. The second-order valence-corrected chi connectivity index (χ2v) is 10.8. The molecule has 3 aromatic rings. The van der Waals surface area contributed by atoms with Gasteiger partial charge in [0, 0.05) is 37.4 Å². The Morgan fingerprint density at radius 2 is 1.82 bits per heavy atom. The Bertz CT molecular complexity index is 1300.